The minimum absolute atomic E-state index is 0.287. The van der Waals surface area contributed by atoms with Crippen molar-refractivity contribution in [2.75, 3.05) is 18.2 Å². The second-order valence-corrected chi connectivity index (χ2v) is 7.57. The largest absolute Gasteiger partial charge is 0.486 e. The molecule has 3 rings (SSSR count). The van der Waals surface area contributed by atoms with Crippen molar-refractivity contribution < 1.29 is 9.47 Å². The van der Waals surface area contributed by atoms with E-state index in [1.165, 1.54) is 16.7 Å². The van der Waals surface area contributed by atoms with Gasteiger partial charge >= 0.3 is 0 Å². The fourth-order valence-corrected chi connectivity index (χ4v) is 3.65. The third-order valence-electron chi connectivity index (χ3n) is 4.32. The highest BCUT2D eigenvalue weighted by atomic mass is 32.2. The van der Waals surface area contributed by atoms with Crippen LogP contribution in [0.25, 0.3) is 0 Å². The first-order valence-corrected chi connectivity index (χ1v) is 9.78. The van der Waals surface area contributed by atoms with Gasteiger partial charge in [0, 0.05) is 12.4 Å². The number of rotatable bonds is 7. The highest BCUT2D eigenvalue weighted by molar-refractivity contribution is 7.99. The quantitative estimate of drug-likeness (QED) is 0.601. The van der Waals surface area contributed by atoms with Gasteiger partial charge in [-0.1, -0.05) is 37.7 Å². The van der Waals surface area contributed by atoms with E-state index in [1.54, 1.807) is 11.8 Å². The zero-order valence-electron chi connectivity index (χ0n) is 14.9. The molecule has 0 bridgehead atoms. The maximum Gasteiger partial charge on any atom is 0.209 e. The van der Waals surface area contributed by atoms with Crippen LogP contribution < -0.4 is 10.6 Å². The van der Waals surface area contributed by atoms with Gasteiger partial charge < -0.3 is 15.3 Å². The zero-order chi connectivity index (χ0) is 17.6. The number of ether oxygens (including phenoxy) is 2. The lowest BCUT2D eigenvalue weighted by Gasteiger charge is -2.21. The molecule has 1 aromatic carbocycles. The van der Waals surface area contributed by atoms with E-state index in [0.717, 1.165) is 31.0 Å². The summed E-state index contributed by atoms with van der Waals surface area (Å²) in [5.74, 6) is 8.87. The summed E-state index contributed by atoms with van der Waals surface area (Å²) in [6, 6.07) is 8.11. The minimum Gasteiger partial charge on any atom is -0.486 e. The van der Waals surface area contributed by atoms with Crippen molar-refractivity contribution in [1.82, 2.24) is 14.9 Å². The van der Waals surface area contributed by atoms with Crippen molar-refractivity contribution in [3.63, 3.8) is 0 Å². The van der Waals surface area contributed by atoms with E-state index in [2.05, 4.69) is 36.2 Å². The Morgan fingerprint density at radius 1 is 1.28 bits per heavy atom. The van der Waals surface area contributed by atoms with Crippen LogP contribution >= 0.6 is 11.8 Å². The van der Waals surface area contributed by atoms with Crippen LogP contribution in [0.5, 0.6) is 5.75 Å². The fourth-order valence-electron chi connectivity index (χ4n) is 2.71. The van der Waals surface area contributed by atoms with Crippen LogP contribution in [0.15, 0.2) is 29.4 Å². The molecule has 25 heavy (non-hydrogen) atoms. The van der Waals surface area contributed by atoms with E-state index in [1.807, 2.05) is 12.1 Å². The zero-order valence-corrected chi connectivity index (χ0v) is 15.7. The summed E-state index contributed by atoms with van der Waals surface area (Å²) in [6.07, 6.45) is 3.78. The van der Waals surface area contributed by atoms with Crippen LogP contribution in [0.1, 0.15) is 50.4 Å². The van der Waals surface area contributed by atoms with Crippen LogP contribution in [0, 0.1) is 0 Å². The van der Waals surface area contributed by atoms with Gasteiger partial charge in [0.2, 0.25) is 5.16 Å². The molecule has 1 aromatic heterocycles. The summed E-state index contributed by atoms with van der Waals surface area (Å²) in [5, 5.41) is 9.00. The van der Waals surface area contributed by atoms with Gasteiger partial charge in [0.05, 0.1) is 6.10 Å². The summed E-state index contributed by atoms with van der Waals surface area (Å²) in [7, 11) is 0. The monoisotopic (exact) mass is 362 g/mol. The van der Waals surface area contributed by atoms with E-state index in [9.17, 15) is 0 Å². The molecule has 1 atom stereocenters. The normalized spacial score (nSPS) is 17.8. The van der Waals surface area contributed by atoms with Gasteiger partial charge in [-0.3, -0.25) is 0 Å². The highest BCUT2D eigenvalue weighted by Crippen LogP contribution is 2.23. The number of aromatic nitrogens is 3. The lowest BCUT2D eigenvalue weighted by Crippen LogP contribution is -2.22. The molecule has 136 valence electrons. The van der Waals surface area contributed by atoms with Crippen molar-refractivity contribution >= 4 is 11.8 Å². The molecule has 0 radical (unpaired) electrons. The summed E-state index contributed by atoms with van der Waals surface area (Å²) in [5.41, 5.74) is 1.29. The number of nitrogens with zero attached hydrogens (tertiary/aromatic N) is 3. The molecule has 1 unspecified atom stereocenters. The third-order valence-corrected chi connectivity index (χ3v) is 5.40. The van der Waals surface area contributed by atoms with E-state index < -0.39 is 0 Å². The molecule has 0 amide bonds. The van der Waals surface area contributed by atoms with Gasteiger partial charge in [-0.15, -0.1) is 10.2 Å². The van der Waals surface area contributed by atoms with Crippen LogP contribution in [0.3, 0.4) is 0 Å². The summed E-state index contributed by atoms with van der Waals surface area (Å²) in [6.45, 7) is 5.49. The van der Waals surface area contributed by atoms with Gasteiger partial charge in [0.15, 0.2) is 5.82 Å². The van der Waals surface area contributed by atoms with E-state index in [0.29, 0.717) is 23.5 Å². The van der Waals surface area contributed by atoms with Crippen LogP contribution in [0.4, 0.5) is 0 Å². The Hall–Kier alpha value is -1.73. The number of benzene rings is 1. The molecular formula is C18H26N4O2S. The lowest BCUT2D eigenvalue weighted by molar-refractivity contribution is 0.0315. The van der Waals surface area contributed by atoms with Crippen molar-refractivity contribution in [1.29, 1.82) is 0 Å². The highest BCUT2D eigenvalue weighted by Gasteiger charge is 2.17. The maximum atomic E-state index is 6.10. The molecule has 1 saturated heterocycles. The molecule has 2 heterocycles. The average molecular weight is 362 g/mol. The topological polar surface area (TPSA) is 75.2 Å². The van der Waals surface area contributed by atoms with Crippen molar-refractivity contribution in [3.05, 3.63) is 35.7 Å². The average Bonchev–Trinajstić information content (AvgIpc) is 2.99. The first kappa shape index (κ1) is 18.1. The summed E-state index contributed by atoms with van der Waals surface area (Å²) < 4.78 is 13.0. The second-order valence-electron chi connectivity index (χ2n) is 6.58. The first-order valence-electron chi connectivity index (χ1n) is 8.80. The molecule has 1 aliphatic rings. The smallest absolute Gasteiger partial charge is 0.209 e. The molecule has 0 spiro atoms. The van der Waals surface area contributed by atoms with Crippen LogP contribution in [0.2, 0.25) is 0 Å². The molecule has 2 N–H and O–H groups in total. The molecule has 1 fully saturated rings. The lowest BCUT2D eigenvalue weighted by atomic mass is 10.0. The van der Waals surface area contributed by atoms with Gasteiger partial charge in [-0.2, -0.15) is 0 Å². The van der Waals surface area contributed by atoms with E-state index in [4.69, 9.17) is 15.3 Å². The molecule has 6 nitrogen and oxygen atoms in total. The van der Waals surface area contributed by atoms with Gasteiger partial charge in [0.1, 0.15) is 12.4 Å². The Kier molecular flexibility index (Phi) is 6.20. The minimum atomic E-state index is 0.287. The van der Waals surface area contributed by atoms with Crippen LogP contribution in [-0.4, -0.2) is 33.3 Å². The van der Waals surface area contributed by atoms with E-state index in [-0.39, 0.29) is 6.10 Å². The number of nitrogens with two attached hydrogens (primary N) is 1. The molecule has 0 aliphatic carbocycles. The Morgan fingerprint density at radius 3 is 2.76 bits per heavy atom. The van der Waals surface area contributed by atoms with Gasteiger partial charge in [-0.25, -0.2) is 4.68 Å². The summed E-state index contributed by atoms with van der Waals surface area (Å²) >= 11 is 1.59. The SMILES string of the molecule is CC(C)c1ccc(OCc2nnc(SCC3CCCCO3)n2N)cc1. The summed E-state index contributed by atoms with van der Waals surface area (Å²) in [4.78, 5) is 0. The number of thioether (sulfide) groups is 1. The Balaban J connectivity index is 1.52. The predicted octanol–water partition coefficient (Wildman–Crippen LogP) is 3.36. The van der Waals surface area contributed by atoms with E-state index >= 15 is 0 Å². The number of hydrogen-bond acceptors (Lipinski definition) is 6. The third kappa shape index (κ3) is 4.89. The first-order chi connectivity index (χ1) is 12.1. The van der Waals surface area contributed by atoms with Crippen molar-refractivity contribution in [2.45, 2.75) is 56.9 Å². The fraction of sp³-hybridized carbons (Fsp3) is 0.556. The second kappa shape index (κ2) is 8.58. The Morgan fingerprint density at radius 2 is 2.08 bits per heavy atom. The molecular weight excluding hydrogens is 336 g/mol. The molecule has 2 aromatic rings. The Labute approximate surface area is 153 Å². The van der Waals surface area contributed by atoms with Crippen molar-refractivity contribution in [2.24, 2.45) is 0 Å². The predicted molar refractivity (Wildman–Crippen MR) is 99.4 cm³/mol. The maximum absolute atomic E-state index is 6.10. The standard InChI is InChI=1S/C18H26N4O2S/c1-13(2)14-6-8-15(9-7-14)24-11-17-20-21-18(22(17)19)25-12-16-5-3-4-10-23-16/h6-9,13,16H,3-5,10-12,19H2,1-2H3. The van der Waals surface area contributed by atoms with Gasteiger partial charge in [-0.05, 0) is 42.9 Å². The molecule has 0 saturated carbocycles. The Bertz CT molecular complexity index is 666. The molecule has 1 aliphatic heterocycles. The number of nitrogen functional groups attached to an aromatic ring is 1. The number of hydrogen-bond donors (Lipinski definition) is 1. The van der Waals surface area contributed by atoms with Gasteiger partial charge in [0.25, 0.3) is 0 Å². The van der Waals surface area contributed by atoms with Crippen LogP contribution in [-0.2, 0) is 11.3 Å². The van der Waals surface area contributed by atoms with Crippen molar-refractivity contribution in [3.8, 4) is 5.75 Å². The molecule has 7 heteroatoms.